The first kappa shape index (κ1) is 27.2. The van der Waals surface area contributed by atoms with E-state index in [0.29, 0.717) is 0 Å². The van der Waals surface area contributed by atoms with E-state index >= 15 is 0 Å². The standard InChI is InChI=1S/C28H55N2/c1-4-7-10-12-13-14-15-16-17-18-19-22-25-30-27-26-29(24-21-9-6-3)28(30)23-20-11-8-5-2/h26-27H,4-25H2,1-3H3/q+1. The van der Waals surface area contributed by atoms with E-state index in [4.69, 9.17) is 0 Å². The predicted octanol–water partition coefficient (Wildman–Crippen LogP) is 8.79. The van der Waals surface area contributed by atoms with Crippen LogP contribution >= 0.6 is 0 Å². The van der Waals surface area contributed by atoms with Crippen LogP contribution in [0.5, 0.6) is 0 Å². The molecule has 0 bridgehead atoms. The van der Waals surface area contributed by atoms with E-state index in [9.17, 15) is 0 Å². The van der Waals surface area contributed by atoms with Gasteiger partial charge in [-0.05, 0) is 32.1 Å². The van der Waals surface area contributed by atoms with Gasteiger partial charge in [0.05, 0.1) is 13.1 Å². The van der Waals surface area contributed by atoms with Crippen molar-refractivity contribution >= 4 is 0 Å². The third-order valence-corrected chi connectivity index (χ3v) is 6.60. The van der Waals surface area contributed by atoms with Crippen molar-refractivity contribution in [3.63, 3.8) is 0 Å². The van der Waals surface area contributed by atoms with E-state index in [1.807, 2.05) is 0 Å². The maximum absolute atomic E-state index is 2.58. The number of nitrogens with zero attached hydrogens (tertiary/aromatic N) is 2. The molecule has 0 fully saturated rings. The molecule has 1 rings (SSSR count). The average Bonchev–Trinajstić information content (AvgIpc) is 3.14. The van der Waals surface area contributed by atoms with Gasteiger partial charge < -0.3 is 0 Å². The summed E-state index contributed by atoms with van der Waals surface area (Å²) < 4.78 is 5.14. The van der Waals surface area contributed by atoms with Gasteiger partial charge in [-0.15, -0.1) is 0 Å². The minimum absolute atomic E-state index is 1.21. The van der Waals surface area contributed by atoms with Crippen LogP contribution in [0.2, 0.25) is 0 Å². The van der Waals surface area contributed by atoms with Crippen LogP contribution in [0.3, 0.4) is 0 Å². The molecule has 0 N–H and O–H groups in total. The highest BCUT2D eigenvalue weighted by Gasteiger charge is 2.16. The Hall–Kier alpha value is -0.790. The Morgan fingerprint density at radius 3 is 1.60 bits per heavy atom. The fourth-order valence-electron chi connectivity index (χ4n) is 4.56. The third kappa shape index (κ3) is 13.5. The van der Waals surface area contributed by atoms with Gasteiger partial charge in [-0.1, -0.05) is 111 Å². The number of hydrogen-bond donors (Lipinski definition) is 0. The predicted molar refractivity (Wildman–Crippen MR) is 133 cm³/mol. The molecule has 0 saturated carbocycles. The van der Waals surface area contributed by atoms with E-state index in [-0.39, 0.29) is 0 Å². The molecule has 0 amide bonds. The van der Waals surface area contributed by atoms with Gasteiger partial charge in [0.15, 0.2) is 0 Å². The molecule has 0 unspecified atom stereocenters. The summed E-state index contributed by atoms with van der Waals surface area (Å²) in [6, 6.07) is 0. The van der Waals surface area contributed by atoms with Crippen LogP contribution in [0.1, 0.15) is 149 Å². The van der Waals surface area contributed by atoms with E-state index in [2.05, 4.69) is 42.3 Å². The molecule has 1 heterocycles. The highest BCUT2D eigenvalue weighted by atomic mass is 15.1. The van der Waals surface area contributed by atoms with Crippen molar-refractivity contribution in [2.75, 3.05) is 0 Å². The molecule has 0 atom stereocenters. The molecular formula is C28H55N2+. The maximum atomic E-state index is 2.58. The maximum Gasteiger partial charge on any atom is 0.256 e. The SMILES string of the molecule is CCCCCCCCCCCCCC[n+]1ccn(CCCCC)c1CCCCCC. The first-order valence-electron chi connectivity index (χ1n) is 13.9. The van der Waals surface area contributed by atoms with E-state index in [1.165, 1.54) is 142 Å². The number of aromatic nitrogens is 2. The van der Waals surface area contributed by atoms with Gasteiger partial charge in [0.2, 0.25) is 0 Å². The molecule has 2 nitrogen and oxygen atoms in total. The lowest BCUT2D eigenvalue weighted by molar-refractivity contribution is -0.704. The van der Waals surface area contributed by atoms with Gasteiger partial charge >= 0.3 is 0 Å². The number of hydrogen-bond acceptors (Lipinski definition) is 0. The summed E-state index contributed by atoms with van der Waals surface area (Å²) in [6.45, 7) is 9.34. The molecule has 0 aliphatic heterocycles. The summed E-state index contributed by atoms with van der Waals surface area (Å²) in [4.78, 5) is 0. The number of unbranched alkanes of at least 4 members (excludes halogenated alkanes) is 16. The molecule has 0 aliphatic carbocycles. The van der Waals surface area contributed by atoms with Crippen molar-refractivity contribution in [1.29, 1.82) is 0 Å². The average molecular weight is 420 g/mol. The van der Waals surface area contributed by atoms with Crippen molar-refractivity contribution in [2.45, 2.75) is 162 Å². The van der Waals surface area contributed by atoms with Crippen molar-refractivity contribution in [2.24, 2.45) is 0 Å². The Labute approximate surface area is 189 Å². The van der Waals surface area contributed by atoms with Gasteiger partial charge in [0.25, 0.3) is 5.82 Å². The second kappa shape index (κ2) is 20.1. The Bertz CT molecular complexity index is 477. The van der Waals surface area contributed by atoms with E-state index in [1.54, 1.807) is 5.82 Å². The molecule has 0 saturated heterocycles. The number of imidazole rings is 1. The zero-order valence-electron chi connectivity index (χ0n) is 21.1. The molecule has 30 heavy (non-hydrogen) atoms. The highest BCUT2D eigenvalue weighted by Crippen LogP contribution is 2.12. The molecule has 1 aromatic rings. The van der Waals surface area contributed by atoms with Crippen LogP contribution in [-0.2, 0) is 19.5 Å². The topological polar surface area (TPSA) is 8.81 Å². The molecule has 0 radical (unpaired) electrons. The zero-order chi connectivity index (χ0) is 21.7. The van der Waals surface area contributed by atoms with Crippen LogP contribution in [-0.4, -0.2) is 4.57 Å². The normalized spacial score (nSPS) is 11.4. The molecule has 2 heteroatoms. The smallest absolute Gasteiger partial charge is 0.234 e. The van der Waals surface area contributed by atoms with Gasteiger partial charge in [-0.25, -0.2) is 9.13 Å². The van der Waals surface area contributed by atoms with Crippen molar-refractivity contribution in [3.8, 4) is 0 Å². The molecule has 176 valence electrons. The summed E-state index contributed by atoms with van der Waals surface area (Å²) in [5, 5.41) is 0. The van der Waals surface area contributed by atoms with Crippen LogP contribution in [0, 0.1) is 0 Å². The lowest BCUT2D eigenvalue weighted by Gasteiger charge is -2.06. The largest absolute Gasteiger partial charge is 0.256 e. The quantitative estimate of drug-likeness (QED) is 0.131. The minimum atomic E-state index is 1.21. The van der Waals surface area contributed by atoms with E-state index < -0.39 is 0 Å². The fourth-order valence-corrected chi connectivity index (χ4v) is 4.56. The number of aryl methyl sites for hydroxylation is 2. The first-order chi connectivity index (χ1) is 14.8. The second-order valence-electron chi connectivity index (χ2n) is 9.51. The van der Waals surface area contributed by atoms with Crippen molar-refractivity contribution in [3.05, 3.63) is 18.2 Å². The molecule has 0 aliphatic rings. The molecule has 0 spiro atoms. The van der Waals surface area contributed by atoms with Crippen molar-refractivity contribution < 1.29 is 4.57 Å². The van der Waals surface area contributed by atoms with Crippen LogP contribution in [0.15, 0.2) is 12.4 Å². The summed E-state index contributed by atoms with van der Waals surface area (Å²) >= 11 is 0. The molecular weight excluding hydrogens is 364 g/mol. The highest BCUT2D eigenvalue weighted by molar-refractivity contribution is 4.84. The molecule has 1 aromatic heterocycles. The zero-order valence-corrected chi connectivity index (χ0v) is 21.1. The second-order valence-corrected chi connectivity index (χ2v) is 9.51. The Morgan fingerprint density at radius 1 is 0.567 bits per heavy atom. The van der Waals surface area contributed by atoms with Gasteiger partial charge in [-0.2, -0.15) is 0 Å². The lowest BCUT2D eigenvalue weighted by atomic mass is 10.1. The van der Waals surface area contributed by atoms with Crippen LogP contribution in [0.25, 0.3) is 0 Å². The lowest BCUT2D eigenvalue weighted by Crippen LogP contribution is -2.37. The third-order valence-electron chi connectivity index (χ3n) is 6.60. The van der Waals surface area contributed by atoms with Gasteiger partial charge in [0, 0.05) is 6.42 Å². The van der Waals surface area contributed by atoms with Gasteiger partial charge in [-0.3, -0.25) is 0 Å². The summed E-state index contributed by atoms with van der Waals surface area (Å²) in [5.74, 6) is 1.59. The summed E-state index contributed by atoms with van der Waals surface area (Å²) in [6.07, 6.45) is 32.6. The first-order valence-corrected chi connectivity index (χ1v) is 13.9. The van der Waals surface area contributed by atoms with Crippen LogP contribution < -0.4 is 4.57 Å². The summed E-state index contributed by atoms with van der Waals surface area (Å²) in [5.41, 5.74) is 0. The minimum Gasteiger partial charge on any atom is -0.234 e. The van der Waals surface area contributed by atoms with E-state index in [0.717, 1.165) is 0 Å². The monoisotopic (exact) mass is 419 g/mol. The Morgan fingerprint density at radius 2 is 1.03 bits per heavy atom. The Kier molecular flexibility index (Phi) is 18.3. The van der Waals surface area contributed by atoms with Crippen LogP contribution in [0.4, 0.5) is 0 Å². The number of rotatable bonds is 22. The molecule has 0 aromatic carbocycles. The summed E-state index contributed by atoms with van der Waals surface area (Å²) in [7, 11) is 0. The Balaban J connectivity index is 2.21. The van der Waals surface area contributed by atoms with Crippen molar-refractivity contribution in [1.82, 2.24) is 4.57 Å². The van der Waals surface area contributed by atoms with Gasteiger partial charge in [0.1, 0.15) is 12.4 Å². The fraction of sp³-hybridized carbons (Fsp3) is 0.893.